The molecular weight excluding hydrogens is 228 g/mol. The van der Waals surface area contributed by atoms with Crippen LogP contribution in [0.3, 0.4) is 0 Å². The van der Waals surface area contributed by atoms with Crippen molar-refractivity contribution in [1.29, 1.82) is 0 Å². The summed E-state index contributed by atoms with van der Waals surface area (Å²) < 4.78 is 5.24. The SMILES string of the molecule is COc1ccc(C(C)(C)C)cc1NC(=O)[C@@H](C)N. The lowest BCUT2D eigenvalue weighted by Crippen LogP contribution is -2.32. The van der Waals surface area contributed by atoms with Crippen molar-refractivity contribution in [2.45, 2.75) is 39.2 Å². The zero-order valence-corrected chi connectivity index (χ0v) is 11.7. The second kappa shape index (κ2) is 5.40. The number of amides is 1. The van der Waals surface area contributed by atoms with E-state index in [0.717, 1.165) is 5.56 Å². The molecule has 0 aliphatic carbocycles. The highest BCUT2D eigenvalue weighted by Gasteiger charge is 2.17. The molecule has 18 heavy (non-hydrogen) atoms. The summed E-state index contributed by atoms with van der Waals surface area (Å²) in [6, 6.07) is 5.24. The van der Waals surface area contributed by atoms with Crippen molar-refractivity contribution in [3.05, 3.63) is 23.8 Å². The second-order valence-electron chi connectivity index (χ2n) is 5.44. The standard InChI is InChI=1S/C14H22N2O2/c1-9(15)13(17)16-11-8-10(14(2,3)4)6-7-12(11)18-5/h6-9H,15H2,1-5H3,(H,16,17)/t9-/m1/s1. The molecule has 4 heteroatoms. The molecule has 0 unspecified atom stereocenters. The maximum Gasteiger partial charge on any atom is 0.241 e. The third-order valence-electron chi connectivity index (χ3n) is 2.74. The number of nitrogens with two attached hydrogens (primary N) is 1. The lowest BCUT2D eigenvalue weighted by Gasteiger charge is -2.21. The number of anilines is 1. The predicted molar refractivity (Wildman–Crippen MR) is 74.0 cm³/mol. The topological polar surface area (TPSA) is 64.3 Å². The Balaban J connectivity index is 3.11. The van der Waals surface area contributed by atoms with Crippen LogP contribution in [-0.4, -0.2) is 19.1 Å². The van der Waals surface area contributed by atoms with Crippen LogP contribution in [0.4, 0.5) is 5.69 Å². The van der Waals surface area contributed by atoms with Crippen molar-refractivity contribution >= 4 is 11.6 Å². The predicted octanol–water partition coefficient (Wildman–Crippen LogP) is 2.28. The third kappa shape index (κ3) is 3.47. The van der Waals surface area contributed by atoms with E-state index in [1.807, 2.05) is 18.2 Å². The Morgan fingerprint density at radius 2 is 2.00 bits per heavy atom. The van der Waals surface area contributed by atoms with Gasteiger partial charge >= 0.3 is 0 Å². The van der Waals surface area contributed by atoms with Crippen molar-refractivity contribution in [2.75, 3.05) is 12.4 Å². The van der Waals surface area contributed by atoms with Crippen molar-refractivity contribution in [2.24, 2.45) is 5.73 Å². The van der Waals surface area contributed by atoms with Crippen LogP contribution in [-0.2, 0) is 10.2 Å². The summed E-state index contributed by atoms with van der Waals surface area (Å²) in [5.74, 6) is 0.413. The molecule has 0 aliphatic heterocycles. The van der Waals surface area contributed by atoms with Gasteiger partial charge in [0.1, 0.15) is 5.75 Å². The lowest BCUT2D eigenvalue weighted by molar-refractivity contribution is -0.117. The normalized spacial score (nSPS) is 13.0. The summed E-state index contributed by atoms with van der Waals surface area (Å²) in [4.78, 5) is 11.6. The highest BCUT2D eigenvalue weighted by molar-refractivity contribution is 5.95. The van der Waals surface area contributed by atoms with E-state index in [1.165, 1.54) is 0 Å². The van der Waals surface area contributed by atoms with Gasteiger partial charge in [0.15, 0.2) is 0 Å². The Bertz CT molecular complexity index is 434. The number of methoxy groups -OCH3 is 1. The molecule has 0 bridgehead atoms. The average Bonchev–Trinajstić information content (AvgIpc) is 2.27. The monoisotopic (exact) mass is 250 g/mol. The van der Waals surface area contributed by atoms with Gasteiger partial charge in [-0.25, -0.2) is 0 Å². The number of nitrogens with one attached hydrogen (secondary N) is 1. The minimum absolute atomic E-state index is 0.0140. The van der Waals surface area contributed by atoms with Gasteiger partial charge in [0.2, 0.25) is 5.91 Å². The van der Waals surface area contributed by atoms with Gasteiger partial charge in [-0.1, -0.05) is 26.8 Å². The highest BCUT2D eigenvalue weighted by Crippen LogP contribution is 2.31. The van der Waals surface area contributed by atoms with Crippen molar-refractivity contribution in [3.63, 3.8) is 0 Å². The number of rotatable bonds is 3. The first-order valence-corrected chi connectivity index (χ1v) is 6.00. The van der Waals surface area contributed by atoms with Crippen LogP contribution in [0, 0.1) is 0 Å². The van der Waals surface area contributed by atoms with E-state index in [4.69, 9.17) is 10.5 Å². The summed E-state index contributed by atoms with van der Waals surface area (Å²) in [5, 5.41) is 2.78. The maximum absolute atomic E-state index is 11.6. The zero-order chi connectivity index (χ0) is 13.9. The molecule has 4 nitrogen and oxygen atoms in total. The van der Waals surface area contributed by atoms with Gasteiger partial charge in [-0.05, 0) is 30.0 Å². The fourth-order valence-electron chi connectivity index (χ4n) is 1.52. The minimum atomic E-state index is -0.548. The largest absolute Gasteiger partial charge is 0.495 e. The molecule has 1 amide bonds. The molecule has 0 aromatic heterocycles. The molecule has 1 aromatic rings. The fraction of sp³-hybridized carbons (Fsp3) is 0.500. The highest BCUT2D eigenvalue weighted by atomic mass is 16.5. The lowest BCUT2D eigenvalue weighted by atomic mass is 9.87. The quantitative estimate of drug-likeness (QED) is 0.865. The van der Waals surface area contributed by atoms with Crippen molar-refractivity contribution in [3.8, 4) is 5.75 Å². The van der Waals surface area contributed by atoms with E-state index < -0.39 is 6.04 Å². The van der Waals surface area contributed by atoms with Gasteiger partial charge in [0.25, 0.3) is 0 Å². The zero-order valence-electron chi connectivity index (χ0n) is 11.7. The molecule has 0 heterocycles. The van der Waals surface area contributed by atoms with E-state index in [2.05, 4.69) is 26.1 Å². The smallest absolute Gasteiger partial charge is 0.241 e. The molecule has 1 rings (SSSR count). The van der Waals surface area contributed by atoms with Crippen LogP contribution >= 0.6 is 0 Å². The molecule has 3 N–H and O–H groups in total. The maximum atomic E-state index is 11.6. The molecule has 1 atom stereocenters. The Morgan fingerprint density at radius 1 is 1.39 bits per heavy atom. The van der Waals surface area contributed by atoms with Crippen molar-refractivity contribution in [1.82, 2.24) is 0 Å². The number of benzene rings is 1. The Kier molecular flexibility index (Phi) is 4.35. The summed E-state index contributed by atoms with van der Waals surface area (Å²) in [5.41, 5.74) is 7.35. The Labute approximate surface area is 109 Å². The first-order chi connectivity index (χ1) is 8.25. The van der Waals surface area contributed by atoms with Crippen LogP contribution in [0.25, 0.3) is 0 Å². The van der Waals surface area contributed by atoms with E-state index >= 15 is 0 Å². The molecule has 0 saturated heterocycles. The van der Waals surface area contributed by atoms with Gasteiger partial charge in [-0.15, -0.1) is 0 Å². The van der Waals surface area contributed by atoms with Crippen LogP contribution in [0.1, 0.15) is 33.3 Å². The number of hydrogen-bond acceptors (Lipinski definition) is 3. The first kappa shape index (κ1) is 14.5. The summed E-state index contributed by atoms with van der Waals surface area (Å²) in [6.45, 7) is 8.00. The third-order valence-corrected chi connectivity index (χ3v) is 2.74. The molecular formula is C14H22N2O2. The molecule has 0 spiro atoms. The summed E-state index contributed by atoms with van der Waals surface area (Å²) in [6.07, 6.45) is 0. The first-order valence-electron chi connectivity index (χ1n) is 6.00. The Morgan fingerprint density at radius 3 is 2.44 bits per heavy atom. The van der Waals surface area contributed by atoms with Gasteiger partial charge in [0.05, 0.1) is 18.8 Å². The van der Waals surface area contributed by atoms with E-state index in [1.54, 1.807) is 14.0 Å². The van der Waals surface area contributed by atoms with Gasteiger partial charge in [-0.3, -0.25) is 4.79 Å². The molecule has 1 aromatic carbocycles. The van der Waals surface area contributed by atoms with Crippen LogP contribution in [0.2, 0.25) is 0 Å². The summed E-state index contributed by atoms with van der Waals surface area (Å²) in [7, 11) is 1.58. The van der Waals surface area contributed by atoms with Gasteiger partial charge in [-0.2, -0.15) is 0 Å². The van der Waals surface area contributed by atoms with Crippen LogP contribution in [0.5, 0.6) is 5.75 Å². The number of carbonyl (C=O) groups excluding carboxylic acids is 1. The number of hydrogen-bond donors (Lipinski definition) is 2. The van der Waals surface area contributed by atoms with Gasteiger partial charge in [0, 0.05) is 0 Å². The minimum Gasteiger partial charge on any atom is -0.495 e. The number of ether oxygens (including phenoxy) is 1. The number of carbonyl (C=O) groups is 1. The second-order valence-corrected chi connectivity index (χ2v) is 5.44. The fourth-order valence-corrected chi connectivity index (χ4v) is 1.52. The molecule has 0 saturated carbocycles. The van der Waals surface area contributed by atoms with Gasteiger partial charge < -0.3 is 15.8 Å². The van der Waals surface area contributed by atoms with Crippen LogP contribution in [0.15, 0.2) is 18.2 Å². The van der Waals surface area contributed by atoms with Crippen molar-refractivity contribution < 1.29 is 9.53 Å². The molecule has 0 radical (unpaired) electrons. The molecule has 100 valence electrons. The average molecular weight is 250 g/mol. The Hall–Kier alpha value is -1.55. The molecule has 0 aliphatic rings. The van der Waals surface area contributed by atoms with E-state index in [0.29, 0.717) is 11.4 Å². The summed E-state index contributed by atoms with van der Waals surface area (Å²) >= 11 is 0. The molecule has 0 fully saturated rings. The van der Waals surface area contributed by atoms with E-state index in [-0.39, 0.29) is 11.3 Å². The van der Waals surface area contributed by atoms with E-state index in [9.17, 15) is 4.79 Å². The van der Waals surface area contributed by atoms with Crippen LogP contribution < -0.4 is 15.8 Å².